The molecule has 42 heavy (non-hydrogen) atoms. The summed E-state index contributed by atoms with van der Waals surface area (Å²) in [5, 5.41) is 13.6. The molecule has 0 radical (unpaired) electrons. The molecular weight excluding hydrogens is 559 g/mol. The van der Waals surface area contributed by atoms with Gasteiger partial charge >= 0.3 is 6.01 Å². The maximum atomic E-state index is 15.5. The Morgan fingerprint density at radius 2 is 1.86 bits per heavy atom. The Kier molecular flexibility index (Phi) is 7.51. The molecule has 3 aromatic heterocycles. The van der Waals surface area contributed by atoms with Gasteiger partial charge in [-0.05, 0) is 70.7 Å². The van der Waals surface area contributed by atoms with E-state index in [-0.39, 0.29) is 24.0 Å². The molecular formula is C31H30ClFN6O3. The lowest BCUT2D eigenvalue weighted by molar-refractivity contribution is -0.129. The fraction of sp³-hybridized carbons (Fsp3) is 0.323. The zero-order valence-corrected chi connectivity index (χ0v) is 24.2. The lowest BCUT2D eigenvalue weighted by atomic mass is 9.90. The number of imidazole rings is 1. The number of rotatable bonds is 6. The van der Waals surface area contributed by atoms with E-state index in [1.807, 2.05) is 13.8 Å². The summed E-state index contributed by atoms with van der Waals surface area (Å²) in [6, 6.07) is 10.4. The van der Waals surface area contributed by atoms with Crippen molar-refractivity contribution in [2.24, 2.45) is 0 Å². The van der Waals surface area contributed by atoms with Gasteiger partial charge in [0, 0.05) is 52.6 Å². The van der Waals surface area contributed by atoms with E-state index in [9.17, 15) is 9.90 Å². The summed E-state index contributed by atoms with van der Waals surface area (Å²) in [4.78, 5) is 29.6. The average Bonchev–Trinajstić information content (AvgIpc) is 3.29. The normalized spacial score (nSPS) is 17.9. The molecule has 3 heterocycles. The van der Waals surface area contributed by atoms with Crippen molar-refractivity contribution in [3.8, 4) is 22.9 Å². The van der Waals surface area contributed by atoms with Crippen LogP contribution in [0.5, 0.6) is 11.8 Å². The molecule has 11 heteroatoms. The fourth-order valence-corrected chi connectivity index (χ4v) is 6.00. The molecule has 1 saturated carbocycles. The zero-order chi connectivity index (χ0) is 29.5. The van der Waals surface area contributed by atoms with Gasteiger partial charge in [-0.3, -0.25) is 9.78 Å². The van der Waals surface area contributed by atoms with E-state index in [1.165, 1.54) is 13.0 Å². The number of carbonyl (C=O) groups excluding carboxylic acids is 1. The highest BCUT2D eigenvalue weighted by atomic mass is 35.5. The number of amides is 1. The van der Waals surface area contributed by atoms with Crippen LogP contribution in [0.3, 0.4) is 0 Å². The van der Waals surface area contributed by atoms with E-state index in [0.29, 0.717) is 27.4 Å². The number of aromatic nitrogens is 5. The van der Waals surface area contributed by atoms with Gasteiger partial charge in [0.05, 0.1) is 22.3 Å². The number of aliphatic hydroxyl groups is 1. The van der Waals surface area contributed by atoms with Crippen molar-refractivity contribution in [3.63, 3.8) is 0 Å². The monoisotopic (exact) mass is 588 g/mol. The molecule has 6 rings (SSSR count). The maximum absolute atomic E-state index is 15.5. The van der Waals surface area contributed by atoms with Crippen LogP contribution in [0.15, 0.2) is 48.8 Å². The van der Waals surface area contributed by atoms with Crippen LogP contribution in [-0.2, 0) is 4.79 Å². The first kappa shape index (κ1) is 28.0. The third-order valence-electron chi connectivity index (χ3n) is 7.78. The molecule has 1 aliphatic carbocycles. The summed E-state index contributed by atoms with van der Waals surface area (Å²) < 4.78 is 23.5. The summed E-state index contributed by atoms with van der Waals surface area (Å²) in [5.74, 6) is 0.494. The topological polar surface area (TPSA) is 115 Å². The van der Waals surface area contributed by atoms with Crippen molar-refractivity contribution < 1.29 is 19.0 Å². The number of hydrogen-bond donors (Lipinski definition) is 2. The number of ether oxygens (including phenoxy) is 1. The van der Waals surface area contributed by atoms with Crippen LogP contribution in [0.1, 0.15) is 50.2 Å². The smallest absolute Gasteiger partial charge is 0.322 e. The van der Waals surface area contributed by atoms with E-state index < -0.39 is 11.9 Å². The van der Waals surface area contributed by atoms with Gasteiger partial charge in [-0.15, -0.1) is 0 Å². The minimum atomic E-state index is -1.03. The highest BCUT2D eigenvalue weighted by Gasteiger charge is 2.27. The zero-order valence-electron chi connectivity index (χ0n) is 23.4. The number of halogens is 2. The van der Waals surface area contributed by atoms with Crippen molar-refractivity contribution >= 4 is 39.4 Å². The predicted molar refractivity (Wildman–Crippen MR) is 158 cm³/mol. The summed E-state index contributed by atoms with van der Waals surface area (Å²) in [6.45, 7) is 5.27. The van der Waals surface area contributed by atoms with Gasteiger partial charge in [-0.2, -0.15) is 0 Å². The number of pyridine rings is 1. The van der Waals surface area contributed by atoms with Crippen LogP contribution >= 0.6 is 11.6 Å². The van der Waals surface area contributed by atoms with E-state index in [4.69, 9.17) is 21.3 Å². The predicted octanol–water partition coefficient (Wildman–Crippen LogP) is 6.22. The van der Waals surface area contributed by atoms with E-state index in [0.717, 1.165) is 53.6 Å². The first-order valence-corrected chi connectivity index (χ1v) is 14.3. The molecule has 1 amide bonds. The van der Waals surface area contributed by atoms with Gasteiger partial charge in [0.25, 0.3) is 0 Å². The van der Waals surface area contributed by atoms with Crippen molar-refractivity contribution in [3.05, 3.63) is 71.2 Å². The Labute approximate surface area is 246 Å². The largest absolute Gasteiger partial charge is 0.424 e. The van der Waals surface area contributed by atoms with E-state index in [2.05, 4.69) is 24.8 Å². The first-order chi connectivity index (χ1) is 20.2. The second kappa shape index (κ2) is 11.3. The Balaban J connectivity index is 1.35. The molecule has 1 atom stereocenters. The molecule has 1 unspecified atom stereocenters. The summed E-state index contributed by atoms with van der Waals surface area (Å²) in [7, 11) is 0. The Morgan fingerprint density at radius 1 is 1.07 bits per heavy atom. The molecule has 2 N–H and O–H groups in total. The number of carbonyl (C=O) groups is 1. The Morgan fingerprint density at radius 3 is 2.57 bits per heavy atom. The number of aliphatic hydroxyl groups excluding tert-OH is 1. The third kappa shape index (κ3) is 5.39. The average molecular weight is 589 g/mol. The number of hydrogen-bond acceptors (Lipinski definition) is 7. The van der Waals surface area contributed by atoms with Gasteiger partial charge in [-0.25, -0.2) is 19.3 Å². The van der Waals surface area contributed by atoms with Crippen LogP contribution < -0.4 is 10.1 Å². The quantitative estimate of drug-likeness (QED) is 0.242. The second-order valence-corrected chi connectivity index (χ2v) is 11.2. The molecule has 1 fully saturated rings. The fourth-order valence-electron chi connectivity index (χ4n) is 5.73. The molecule has 9 nitrogen and oxygen atoms in total. The standard InChI is InChI=1S/C31H30ClFN6O3/c1-16-10-11-34-31(36-16)42-21-8-9-22(25(32)12-21)23-13-24-27(14-26(23)33)35-15-28-29(24)39(18(3)37-28)20-6-4-19(5-7-20)38-30(41)17(2)40/h8-15,17,19-20,40H,4-7H2,1-3H3,(H,38,41). The number of nitrogens with one attached hydrogen (secondary N) is 1. The highest BCUT2D eigenvalue weighted by molar-refractivity contribution is 6.33. The number of fused-ring (bicyclic) bond motifs is 3. The lowest BCUT2D eigenvalue weighted by Crippen LogP contribution is -2.42. The highest BCUT2D eigenvalue weighted by Crippen LogP contribution is 2.39. The van der Waals surface area contributed by atoms with E-state index >= 15 is 4.39 Å². The molecule has 0 aliphatic heterocycles. The summed E-state index contributed by atoms with van der Waals surface area (Å²) in [5.41, 5.74) is 3.78. The van der Waals surface area contributed by atoms with Crippen molar-refractivity contribution in [2.75, 3.05) is 0 Å². The second-order valence-electron chi connectivity index (χ2n) is 10.8. The first-order valence-electron chi connectivity index (χ1n) is 13.9. The van der Waals surface area contributed by atoms with Gasteiger partial charge in [0.1, 0.15) is 29.0 Å². The van der Waals surface area contributed by atoms with Crippen LogP contribution in [0.25, 0.3) is 33.1 Å². The van der Waals surface area contributed by atoms with Gasteiger partial charge in [-0.1, -0.05) is 11.6 Å². The van der Waals surface area contributed by atoms with Gasteiger partial charge in [0.15, 0.2) is 0 Å². The van der Waals surface area contributed by atoms with Crippen molar-refractivity contribution in [1.82, 2.24) is 29.8 Å². The SMILES string of the molecule is Cc1ccnc(Oc2ccc(-c3cc4c(cc3F)ncc3nc(C)n(C5CCC(NC(=O)C(C)O)CC5)c34)c(Cl)c2)n1. The molecule has 1 aliphatic rings. The maximum Gasteiger partial charge on any atom is 0.322 e. The molecule has 5 aromatic rings. The molecule has 0 saturated heterocycles. The molecule has 2 aromatic carbocycles. The summed E-state index contributed by atoms with van der Waals surface area (Å²) in [6.07, 6.45) is 5.47. The number of aryl methyl sites for hydroxylation is 2. The summed E-state index contributed by atoms with van der Waals surface area (Å²) >= 11 is 6.66. The molecule has 0 spiro atoms. The third-order valence-corrected chi connectivity index (χ3v) is 8.09. The van der Waals surface area contributed by atoms with Crippen molar-refractivity contribution in [1.29, 1.82) is 0 Å². The van der Waals surface area contributed by atoms with Crippen molar-refractivity contribution in [2.45, 2.75) is 64.6 Å². The van der Waals surface area contributed by atoms with E-state index in [1.54, 1.807) is 42.7 Å². The van der Waals surface area contributed by atoms with Crippen LogP contribution in [0, 0.1) is 19.7 Å². The van der Waals surface area contributed by atoms with Gasteiger partial charge in [0.2, 0.25) is 5.91 Å². The van der Waals surface area contributed by atoms with Crippen LogP contribution in [0.4, 0.5) is 4.39 Å². The van der Waals surface area contributed by atoms with Crippen LogP contribution in [-0.4, -0.2) is 47.7 Å². The van der Waals surface area contributed by atoms with Gasteiger partial charge < -0.3 is 19.7 Å². The number of nitrogens with zero attached hydrogens (tertiary/aromatic N) is 5. The van der Waals surface area contributed by atoms with Crippen LogP contribution in [0.2, 0.25) is 5.02 Å². The lowest BCUT2D eigenvalue weighted by Gasteiger charge is -2.31. The molecule has 216 valence electrons. The molecule has 0 bridgehead atoms. The number of benzene rings is 2. The minimum Gasteiger partial charge on any atom is -0.424 e. The Hall–Kier alpha value is -4.15. The minimum absolute atomic E-state index is 0.0177. The Bertz CT molecular complexity index is 1820.